The van der Waals surface area contributed by atoms with Crippen molar-refractivity contribution in [3.05, 3.63) is 60.2 Å². The predicted molar refractivity (Wildman–Crippen MR) is 120 cm³/mol. The standard InChI is InChI=1S/C22H29N5O6/c1-5-6-8-13-18(28)27(21(23)31)26(4)20(30)16(3)24-19(29)15(2)25-22(32)33-14-17-11-9-7-10-12-17/h5-13,15-16H,14H2,1-4H3,(H2,23,31)(H,24,29)(H,25,32)/t15-,16-/m0/s1. The Hall–Kier alpha value is -4.15. The number of likely N-dealkylation sites (N-methyl/N-ethyl adjacent to an activating group) is 1. The minimum Gasteiger partial charge on any atom is -0.445 e. The molecule has 0 unspecified atom stereocenters. The van der Waals surface area contributed by atoms with E-state index < -0.39 is 41.9 Å². The third kappa shape index (κ3) is 8.85. The number of nitrogens with one attached hydrogen (secondary N) is 2. The van der Waals surface area contributed by atoms with E-state index in [-0.39, 0.29) is 6.61 Å². The summed E-state index contributed by atoms with van der Waals surface area (Å²) in [4.78, 5) is 60.8. The van der Waals surface area contributed by atoms with Crippen LogP contribution in [0.15, 0.2) is 54.6 Å². The van der Waals surface area contributed by atoms with E-state index in [1.807, 2.05) is 6.07 Å². The van der Waals surface area contributed by atoms with Crippen molar-refractivity contribution in [1.29, 1.82) is 0 Å². The van der Waals surface area contributed by atoms with Crippen molar-refractivity contribution in [2.24, 2.45) is 5.73 Å². The molecule has 0 bridgehead atoms. The Balaban J connectivity index is 2.65. The molecular weight excluding hydrogens is 430 g/mol. The van der Waals surface area contributed by atoms with Crippen LogP contribution in [0.3, 0.4) is 0 Å². The number of hydrogen-bond donors (Lipinski definition) is 3. The zero-order chi connectivity index (χ0) is 25.0. The van der Waals surface area contributed by atoms with Crippen LogP contribution in [0.2, 0.25) is 0 Å². The molecule has 2 atom stereocenters. The Morgan fingerprint density at radius 2 is 1.67 bits per heavy atom. The maximum absolute atomic E-state index is 12.6. The number of rotatable bonds is 8. The van der Waals surface area contributed by atoms with Crippen LogP contribution in [0.25, 0.3) is 0 Å². The van der Waals surface area contributed by atoms with Gasteiger partial charge in [-0.2, -0.15) is 5.01 Å². The molecule has 1 aromatic rings. The van der Waals surface area contributed by atoms with Crippen molar-refractivity contribution in [3.63, 3.8) is 0 Å². The molecule has 0 saturated carbocycles. The number of nitrogens with zero attached hydrogens (tertiary/aromatic N) is 2. The summed E-state index contributed by atoms with van der Waals surface area (Å²) in [5, 5.41) is 5.91. The first kappa shape index (κ1) is 26.9. The summed E-state index contributed by atoms with van der Waals surface area (Å²) in [5.41, 5.74) is 6.01. The van der Waals surface area contributed by atoms with Gasteiger partial charge in [-0.05, 0) is 26.3 Å². The number of ether oxygens (including phenoxy) is 1. The smallest absolute Gasteiger partial charge is 0.408 e. The van der Waals surface area contributed by atoms with Gasteiger partial charge in [0.05, 0.1) is 0 Å². The van der Waals surface area contributed by atoms with Gasteiger partial charge in [0.15, 0.2) is 0 Å². The lowest BCUT2D eigenvalue weighted by Gasteiger charge is -2.30. The minimum absolute atomic E-state index is 0.0279. The van der Waals surface area contributed by atoms with E-state index in [0.29, 0.717) is 10.0 Å². The molecule has 0 aliphatic heterocycles. The summed E-state index contributed by atoms with van der Waals surface area (Å²) in [5.74, 6) is -2.30. The summed E-state index contributed by atoms with van der Waals surface area (Å²) >= 11 is 0. The van der Waals surface area contributed by atoms with E-state index in [2.05, 4.69) is 10.6 Å². The first-order valence-electron chi connectivity index (χ1n) is 10.1. The first-order chi connectivity index (χ1) is 15.6. The molecule has 4 N–H and O–H groups in total. The predicted octanol–water partition coefficient (Wildman–Crippen LogP) is 1.22. The summed E-state index contributed by atoms with van der Waals surface area (Å²) < 4.78 is 5.05. The molecule has 0 heterocycles. The van der Waals surface area contributed by atoms with Gasteiger partial charge >= 0.3 is 12.1 Å². The van der Waals surface area contributed by atoms with Crippen molar-refractivity contribution in [2.75, 3.05) is 7.05 Å². The van der Waals surface area contributed by atoms with Crippen LogP contribution in [0.5, 0.6) is 0 Å². The maximum atomic E-state index is 12.6. The molecule has 0 radical (unpaired) electrons. The van der Waals surface area contributed by atoms with E-state index >= 15 is 0 Å². The van der Waals surface area contributed by atoms with Gasteiger partial charge in [-0.3, -0.25) is 14.4 Å². The molecule has 11 nitrogen and oxygen atoms in total. The van der Waals surface area contributed by atoms with E-state index in [0.717, 1.165) is 11.6 Å². The van der Waals surface area contributed by atoms with Crippen LogP contribution in [-0.4, -0.2) is 59.0 Å². The van der Waals surface area contributed by atoms with Gasteiger partial charge in [-0.15, -0.1) is 0 Å². The van der Waals surface area contributed by atoms with Crippen LogP contribution in [0, 0.1) is 0 Å². The number of allylic oxidation sites excluding steroid dienone is 3. The lowest BCUT2D eigenvalue weighted by atomic mass is 10.2. The molecule has 0 aromatic heterocycles. The first-order valence-corrected chi connectivity index (χ1v) is 10.1. The highest BCUT2D eigenvalue weighted by Gasteiger charge is 2.30. The molecule has 0 aliphatic carbocycles. The van der Waals surface area contributed by atoms with Gasteiger partial charge in [0, 0.05) is 13.1 Å². The average Bonchev–Trinajstić information content (AvgIpc) is 2.77. The number of primary amides is 1. The molecule has 33 heavy (non-hydrogen) atoms. The number of alkyl carbamates (subject to hydrolysis) is 1. The van der Waals surface area contributed by atoms with Crippen molar-refractivity contribution < 1.29 is 28.7 Å². The van der Waals surface area contributed by atoms with Gasteiger partial charge in [0.2, 0.25) is 5.91 Å². The Morgan fingerprint density at radius 1 is 1.03 bits per heavy atom. The van der Waals surface area contributed by atoms with Gasteiger partial charge in [-0.1, -0.05) is 48.6 Å². The highest BCUT2D eigenvalue weighted by atomic mass is 16.5. The van der Waals surface area contributed by atoms with E-state index in [9.17, 15) is 24.0 Å². The van der Waals surface area contributed by atoms with Crippen LogP contribution in [0.4, 0.5) is 9.59 Å². The normalized spacial score (nSPS) is 12.6. The van der Waals surface area contributed by atoms with Crippen LogP contribution in [0.1, 0.15) is 26.3 Å². The number of carbonyl (C=O) groups is 5. The van der Waals surface area contributed by atoms with Crippen molar-refractivity contribution in [3.8, 4) is 0 Å². The highest BCUT2D eigenvalue weighted by molar-refractivity contribution is 6.02. The quantitative estimate of drug-likeness (QED) is 0.302. The molecule has 1 rings (SSSR count). The monoisotopic (exact) mass is 459 g/mol. The molecule has 6 amide bonds. The summed E-state index contributed by atoms with van der Waals surface area (Å²) in [6.45, 7) is 4.53. The number of carbonyl (C=O) groups excluding carboxylic acids is 5. The third-order valence-electron chi connectivity index (χ3n) is 4.25. The molecule has 0 aliphatic rings. The second kappa shape index (κ2) is 13.3. The summed E-state index contributed by atoms with van der Waals surface area (Å²) in [6, 6.07) is 5.66. The molecule has 178 valence electrons. The second-order valence-corrected chi connectivity index (χ2v) is 6.89. The molecule has 1 aromatic carbocycles. The topological polar surface area (TPSA) is 151 Å². The van der Waals surface area contributed by atoms with Crippen LogP contribution < -0.4 is 16.4 Å². The van der Waals surface area contributed by atoms with E-state index in [1.165, 1.54) is 27.0 Å². The van der Waals surface area contributed by atoms with Crippen LogP contribution in [-0.2, 0) is 25.7 Å². The van der Waals surface area contributed by atoms with E-state index in [1.54, 1.807) is 43.3 Å². The largest absolute Gasteiger partial charge is 0.445 e. The Morgan fingerprint density at radius 3 is 2.24 bits per heavy atom. The van der Waals surface area contributed by atoms with Gasteiger partial charge in [0.1, 0.15) is 18.7 Å². The fraction of sp³-hybridized carbons (Fsp3) is 0.318. The van der Waals surface area contributed by atoms with Gasteiger partial charge in [0.25, 0.3) is 11.8 Å². The molecule has 0 spiro atoms. The Kier molecular flexibility index (Phi) is 10.8. The van der Waals surface area contributed by atoms with Crippen LogP contribution >= 0.6 is 0 Å². The van der Waals surface area contributed by atoms with Gasteiger partial charge < -0.3 is 21.1 Å². The average molecular weight is 460 g/mol. The SMILES string of the molecule is CC=CC=CC(=O)N(C(N)=O)N(C)C(=O)[C@H](C)NC(=O)[C@H](C)NC(=O)OCc1ccccc1. The number of benzene rings is 1. The lowest BCUT2D eigenvalue weighted by Crippen LogP contribution is -2.58. The summed E-state index contributed by atoms with van der Waals surface area (Å²) in [7, 11) is 1.17. The Labute approximate surface area is 192 Å². The molecule has 11 heteroatoms. The number of amides is 6. The number of urea groups is 1. The number of hydrogen-bond acceptors (Lipinski definition) is 6. The second-order valence-electron chi connectivity index (χ2n) is 6.89. The Bertz CT molecular complexity index is 915. The fourth-order valence-corrected chi connectivity index (χ4v) is 2.51. The fourth-order valence-electron chi connectivity index (χ4n) is 2.51. The van der Waals surface area contributed by atoms with Crippen molar-refractivity contribution in [2.45, 2.75) is 39.5 Å². The molecule has 0 saturated heterocycles. The van der Waals surface area contributed by atoms with E-state index in [4.69, 9.17) is 10.5 Å². The lowest BCUT2D eigenvalue weighted by molar-refractivity contribution is -0.153. The van der Waals surface area contributed by atoms with Gasteiger partial charge in [-0.25, -0.2) is 14.6 Å². The molecular formula is C22H29N5O6. The number of hydrazine groups is 1. The van der Waals surface area contributed by atoms with Crippen molar-refractivity contribution in [1.82, 2.24) is 20.7 Å². The maximum Gasteiger partial charge on any atom is 0.408 e. The summed E-state index contributed by atoms with van der Waals surface area (Å²) in [6.07, 6.45) is 4.85. The highest BCUT2D eigenvalue weighted by Crippen LogP contribution is 2.03. The number of nitrogens with two attached hydrogens (primary N) is 1. The minimum atomic E-state index is -1.17. The third-order valence-corrected chi connectivity index (χ3v) is 4.25. The van der Waals surface area contributed by atoms with Crippen molar-refractivity contribution >= 4 is 29.8 Å². The zero-order valence-corrected chi connectivity index (χ0v) is 19.0. The molecule has 0 fully saturated rings. The zero-order valence-electron chi connectivity index (χ0n) is 19.0. The number of imide groups is 1.